The summed E-state index contributed by atoms with van der Waals surface area (Å²) in [4.78, 5) is 12.0. The summed E-state index contributed by atoms with van der Waals surface area (Å²) < 4.78 is 0. The Hall–Kier alpha value is -1.84. The molecule has 3 nitrogen and oxygen atoms in total. The van der Waals surface area contributed by atoms with E-state index in [-0.39, 0.29) is 11.9 Å². The Labute approximate surface area is 145 Å². The van der Waals surface area contributed by atoms with Crippen LogP contribution in [-0.4, -0.2) is 16.6 Å². The molecule has 0 aliphatic carbocycles. The Balaban J connectivity index is 1.97. The van der Waals surface area contributed by atoms with Crippen LogP contribution in [0.4, 0.5) is 0 Å². The van der Waals surface area contributed by atoms with E-state index in [0.717, 1.165) is 16.8 Å². The fraction of sp³-hybridized carbons (Fsp3) is 0.222. The lowest BCUT2D eigenvalue weighted by atomic mass is 9.98. The van der Waals surface area contributed by atoms with Gasteiger partial charge in [0.2, 0.25) is 5.91 Å². The quantitative estimate of drug-likeness (QED) is 0.752. The van der Waals surface area contributed by atoms with Crippen molar-refractivity contribution in [2.75, 3.05) is 0 Å². The monoisotopic (exact) mass is 346 g/mol. The van der Waals surface area contributed by atoms with Gasteiger partial charge in [-0.05, 0) is 30.2 Å². The van der Waals surface area contributed by atoms with Crippen LogP contribution in [0, 0.1) is 6.92 Å². The summed E-state index contributed by atoms with van der Waals surface area (Å²) >= 11 is 12.3. The average Bonchev–Trinajstić information content (AvgIpc) is 2.93. The first-order chi connectivity index (χ1) is 11.0. The third kappa shape index (κ3) is 3.26. The van der Waals surface area contributed by atoms with E-state index in [2.05, 4.69) is 5.10 Å². The number of aryl methyl sites for hydroxylation is 1. The fourth-order valence-electron chi connectivity index (χ4n) is 2.74. The number of hydrogen-bond donors (Lipinski definition) is 0. The number of nitrogens with zero attached hydrogens (tertiary/aromatic N) is 2. The van der Waals surface area contributed by atoms with Crippen molar-refractivity contribution in [1.29, 1.82) is 0 Å². The van der Waals surface area contributed by atoms with Crippen molar-refractivity contribution >= 4 is 34.8 Å². The molecule has 1 aliphatic heterocycles. The minimum absolute atomic E-state index is 0.108. The number of benzene rings is 2. The van der Waals surface area contributed by atoms with E-state index < -0.39 is 0 Å². The lowest BCUT2D eigenvalue weighted by molar-refractivity contribution is -0.130. The third-order valence-electron chi connectivity index (χ3n) is 3.94. The van der Waals surface area contributed by atoms with Crippen molar-refractivity contribution < 1.29 is 4.79 Å². The molecular weight excluding hydrogens is 331 g/mol. The molecule has 0 radical (unpaired) electrons. The molecule has 2 aromatic rings. The maximum absolute atomic E-state index is 12.0. The van der Waals surface area contributed by atoms with Crippen LogP contribution >= 0.6 is 23.2 Å². The first-order valence-electron chi connectivity index (χ1n) is 7.35. The second-order valence-electron chi connectivity index (χ2n) is 5.66. The van der Waals surface area contributed by atoms with Gasteiger partial charge in [0.15, 0.2) is 0 Å². The van der Waals surface area contributed by atoms with E-state index in [1.165, 1.54) is 17.5 Å². The van der Waals surface area contributed by atoms with Crippen molar-refractivity contribution in [2.24, 2.45) is 5.10 Å². The SMILES string of the molecule is CC(=O)N1N=C(c2ccc(C)cc2)C[C@H]1c1ccc(Cl)cc1Cl. The van der Waals surface area contributed by atoms with E-state index in [1.54, 1.807) is 12.1 Å². The van der Waals surface area contributed by atoms with E-state index in [4.69, 9.17) is 23.2 Å². The van der Waals surface area contributed by atoms with Gasteiger partial charge in [0.25, 0.3) is 0 Å². The summed E-state index contributed by atoms with van der Waals surface area (Å²) in [6.07, 6.45) is 0.629. The maximum Gasteiger partial charge on any atom is 0.240 e. The lowest BCUT2D eigenvalue weighted by Gasteiger charge is -2.21. The number of rotatable bonds is 2. The third-order valence-corrected chi connectivity index (χ3v) is 4.50. The maximum atomic E-state index is 12.0. The highest BCUT2D eigenvalue weighted by molar-refractivity contribution is 6.35. The van der Waals surface area contributed by atoms with E-state index in [1.807, 2.05) is 37.3 Å². The number of halogens is 2. The molecule has 1 aliphatic rings. The Morgan fingerprint density at radius 1 is 1.17 bits per heavy atom. The average molecular weight is 347 g/mol. The van der Waals surface area contributed by atoms with Gasteiger partial charge in [-0.25, -0.2) is 5.01 Å². The highest BCUT2D eigenvalue weighted by Crippen LogP contribution is 2.37. The van der Waals surface area contributed by atoms with Crippen LogP contribution in [0.25, 0.3) is 0 Å². The normalized spacial score (nSPS) is 17.3. The van der Waals surface area contributed by atoms with Crippen LogP contribution < -0.4 is 0 Å². The van der Waals surface area contributed by atoms with Crippen molar-refractivity contribution in [3.8, 4) is 0 Å². The van der Waals surface area contributed by atoms with Gasteiger partial charge in [0, 0.05) is 23.4 Å². The molecular formula is C18H16Cl2N2O. The van der Waals surface area contributed by atoms with Crippen LogP contribution in [0.3, 0.4) is 0 Å². The van der Waals surface area contributed by atoms with E-state index in [0.29, 0.717) is 16.5 Å². The molecule has 0 spiro atoms. The highest BCUT2D eigenvalue weighted by Gasteiger charge is 2.32. The van der Waals surface area contributed by atoms with Crippen LogP contribution in [0.1, 0.15) is 36.1 Å². The van der Waals surface area contributed by atoms with Gasteiger partial charge in [-0.3, -0.25) is 4.79 Å². The van der Waals surface area contributed by atoms with Gasteiger partial charge in [-0.15, -0.1) is 0 Å². The van der Waals surface area contributed by atoms with Crippen molar-refractivity contribution in [3.05, 3.63) is 69.2 Å². The molecule has 23 heavy (non-hydrogen) atoms. The summed E-state index contributed by atoms with van der Waals surface area (Å²) in [5, 5.41) is 7.15. The van der Waals surface area contributed by atoms with Crippen LogP contribution in [-0.2, 0) is 4.79 Å². The van der Waals surface area contributed by atoms with Gasteiger partial charge in [0.05, 0.1) is 11.8 Å². The molecule has 3 rings (SSSR count). The van der Waals surface area contributed by atoms with Crippen LogP contribution in [0.2, 0.25) is 10.0 Å². The zero-order chi connectivity index (χ0) is 16.6. The molecule has 0 fully saturated rings. The molecule has 0 saturated carbocycles. The van der Waals surface area contributed by atoms with Crippen molar-refractivity contribution in [1.82, 2.24) is 5.01 Å². The minimum atomic E-state index is -0.200. The van der Waals surface area contributed by atoms with E-state index in [9.17, 15) is 4.79 Å². The van der Waals surface area contributed by atoms with Gasteiger partial charge < -0.3 is 0 Å². The summed E-state index contributed by atoms with van der Waals surface area (Å²) in [7, 11) is 0. The van der Waals surface area contributed by atoms with Gasteiger partial charge in [-0.2, -0.15) is 5.10 Å². The fourth-order valence-corrected chi connectivity index (χ4v) is 3.27. The predicted molar refractivity (Wildman–Crippen MR) is 94.1 cm³/mol. The van der Waals surface area contributed by atoms with Gasteiger partial charge in [0.1, 0.15) is 0 Å². The topological polar surface area (TPSA) is 32.7 Å². The lowest BCUT2D eigenvalue weighted by Crippen LogP contribution is -2.24. The van der Waals surface area contributed by atoms with E-state index >= 15 is 0 Å². The second-order valence-corrected chi connectivity index (χ2v) is 6.51. The molecule has 0 bridgehead atoms. The Bertz CT molecular complexity index is 784. The van der Waals surface area contributed by atoms with Crippen molar-refractivity contribution in [3.63, 3.8) is 0 Å². The predicted octanol–water partition coefficient (Wildman–Crippen LogP) is 5.00. The standard InChI is InChI=1S/C18H16Cl2N2O/c1-11-3-5-13(6-4-11)17-10-18(22(21-17)12(2)23)15-8-7-14(19)9-16(15)20/h3-9,18H,10H2,1-2H3/t18-/m0/s1. The molecule has 2 aromatic carbocycles. The summed E-state index contributed by atoms with van der Waals surface area (Å²) in [5.74, 6) is -0.108. The number of hydrazone groups is 1. The first kappa shape index (κ1) is 16.0. The largest absolute Gasteiger partial charge is 0.273 e. The zero-order valence-corrected chi connectivity index (χ0v) is 14.4. The summed E-state index contributed by atoms with van der Waals surface area (Å²) in [5.41, 5.74) is 3.95. The minimum Gasteiger partial charge on any atom is -0.273 e. The molecule has 0 unspecified atom stereocenters. The number of hydrogen-bond acceptors (Lipinski definition) is 2. The summed E-state index contributed by atoms with van der Waals surface area (Å²) in [6.45, 7) is 3.55. The molecule has 1 atom stereocenters. The Kier molecular flexibility index (Phi) is 4.42. The molecule has 118 valence electrons. The second kappa shape index (κ2) is 6.34. The van der Waals surface area contributed by atoms with Crippen molar-refractivity contribution in [2.45, 2.75) is 26.3 Å². The Morgan fingerprint density at radius 2 is 1.87 bits per heavy atom. The van der Waals surface area contributed by atoms with Gasteiger partial charge >= 0.3 is 0 Å². The summed E-state index contributed by atoms with van der Waals surface area (Å²) in [6, 6.07) is 13.3. The number of amides is 1. The van der Waals surface area contributed by atoms with Gasteiger partial charge in [-0.1, -0.05) is 59.1 Å². The molecule has 5 heteroatoms. The zero-order valence-electron chi connectivity index (χ0n) is 12.9. The molecule has 0 aromatic heterocycles. The molecule has 0 N–H and O–H groups in total. The Morgan fingerprint density at radius 3 is 2.48 bits per heavy atom. The molecule has 0 saturated heterocycles. The van der Waals surface area contributed by atoms with Crippen LogP contribution in [0.5, 0.6) is 0 Å². The molecule has 1 heterocycles. The number of carbonyl (C=O) groups excluding carboxylic acids is 1. The van der Waals surface area contributed by atoms with Crippen LogP contribution in [0.15, 0.2) is 47.6 Å². The molecule has 1 amide bonds. The first-order valence-corrected chi connectivity index (χ1v) is 8.10. The smallest absolute Gasteiger partial charge is 0.240 e. The highest BCUT2D eigenvalue weighted by atomic mass is 35.5. The number of carbonyl (C=O) groups is 1.